The number of halogens is 1. The normalized spacial score (nSPS) is 14.4. The second-order valence-electron chi connectivity index (χ2n) is 5.51. The molecular weight excluding hydrogens is 332 g/mol. The van der Waals surface area contributed by atoms with Crippen LogP contribution in [-0.4, -0.2) is 11.2 Å². The lowest BCUT2D eigenvalue weighted by Gasteiger charge is -2.10. The zero-order valence-electron chi connectivity index (χ0n) is 12.3. The molecule has 0 saturated heterocycles. The molecule has 3 rings (SSSR count). The molecule has 1 fully saturated rings. The Balaban J connectivity index is 1.62. The van der Waals surface area contributed by atoms with Crippen molar-refractivity contribution in [3.63, 3.8) is 0 Å². The van der Waals surface area contributed by atoms with Gasteiger partial charge < -0.3 is 14.6 Å². The van der Waals surface area contributed by atoms with Crippen molar-refractivity contribution in [3.8, 4) is 5.75 Å². The third-order valence-corrected chi connectivity index (χ3v) is 4.34. The van der Waals surface area contributed by atoms with Crippen molar-refractivity contribution in [1.82, 2.24) is 10.5 Å². The number of ether oxygens (including phenoxy) is 1. The van der Waals surface area contributed by atoms with E-state index < -0.39 is 0 Å². The number of nitrogens with one attached hydrogen (secondary N) is 1. The van der Waals surface area contributed by atoms with Crippen molar-refractivity contribution in [2.24, 2.45) is 0 Å². The van der Waals surface area contributed by atoms with Crippen LogP contribution in [0.4, 0.5) is 0 Å². The van der Waals surface area contributed by atoms with Crippen LogP contribution < -0.4 is 10.1 Å². The number of rotatable bonds is 6. The Kier molecular flexibility index (Phi) is 4.31. The summed E-state index contributed by atoms with van der Waals surface area (Å²) in [6.07, 6.45) is 2.61. The van der Waals surface area contributed by atoms with Crippen LogP contribution in [0, 0.1) is 13.8 Å². The van der Waals surface area contributed by atoms with E-state index in [1.54, 1.807) is 0 Å². The molecule has 1 aliphatic rings. The first-order valence-electron chi connectivity index (χ1n) is 7.20. The Morgan fingerprint density at radius 1 is 1.38 bits per heavy atom. The first-order chi connectivity index (χ1) is 10.1. The van der Waals surface area contributed by atoms with E-state index >= 15 is 0 Å². The number of nitrogens with zero attached hydrogens (tertiary/aromatic N) is 1. The Morgan fingerprint density at radius 3 is 2.81 bits per heavy atom. The number of benzene rings is 1. The van der Waals surface area contributed by atoms with Crippen LogP contribution in [0.5, 0.6) is 5.75 Å². The lowest BCUT2D eigenvalue weighted by Crippen LogP contribution is -2.15. The molecule has 0 amide bonds. The van der Waals surface area contributed by atoms with Crippen LogP contribution in [0.25, 0.3) is 0 Å². The molecule has 112 valence electrons. The Hall–Kier alpha value is -1.33. The fraction of sp³-hybridized carbons (Fsp3) is 0.438. The van der Waals surface area contributed by atoms with Crippen molar-refractivity contribution in [2.75, 3.05) is 0 Å². The zero-order chi connectivity index (χ0) is 14.8. The van der Waals surface area contributed by atoms with Gasteiger partial charge in [-0.15, -0.1) is 0 Å². The van der Waals surface area contributed by atoms with Gasteiger partial charge in [-0.1, -0.05) is 11.2 Å². The molecule has 1 N–H and O–H groups in total. The van der Waals surface area contributed by atoms with Gasteiger partial charge in [0.1, 0.15) is 18.1 Å². The summed E-state index contributed by atoms with van der Waals surface area (Å²) in [6, 6.07) is 6.94. The Labute approximate surface area is 133 Å². The summed E-state index contributed by atoms with van der Waals surface area (Å²) in [5.74, 6) is 1.65. The van der Waals surface area contributed by atoms with Crippen molar-refractivity contribution in [1.29, 1.82) is 0 Å². The minimum absolute atomic E-state index is 0.472. The summed E-state index contributed by atoms with van der Waals surface area (Å²) in [5, 5.41) is 7.44. The largest absolute Gasteiger partial charge is 0.488 e. The van der Waals surface area contributed by atoms with Gasteiger partial charge in [-0.25, -0.2) is 0 Å². The quantitative estimate of drug-likeness (QED) is 0.858. The predicted molar refractivity (Wildman–Crippen MR) is 84.3 cm³/mol. The summed E-state index contributed by atoms with van der Waals surface area (Å²) >= 11 is 3.58. The van der Waals surface area contributed by atoms with Crippen molar-refractivity contribution in [2.45, 2.75) is 45.9 Å². The van der Waals surface area contributed by atoms with Crippen LogP contribution in [0.1, 0.15) is 35.4 Å². The lowest BCUT2D eigenvalue weighted by atomic mass is 10.2. The molecule has 0 radical (unpaired) electrons. The standard InChI is InChI=1S/C16H19BrN2O2/c1-10-14(11(2)21-19-10)9-20-16-6-3-12(7-15(16)17)8-18-13-4-5-13/h3,6-7,13,18H,4-5,8-9H2,1-2H3. The molecule has 1 aromatic carbocycles. The van der Waals surface area contributed by atoms with Crippen LogP contribution in [0.15, 0.2) is 27.2 Å². The van der Waals surface area contributed by atoms with Gasteiger partial charge in [-0.3, -0.25) is 0 Å². The highest BCUT2D eigenvalue weighted by molar-refractivity contribution is 9.10. The molecule has 0 spiro atoms. The van der Waals surface area contributed by atoms with Gasteiger partial charge in [-0.05, 0) is 60.3 Å². The first kappa shape index (κ1) is 14.6. The van der Waals surface area contributed by atoms with E-state index in [2.05, 4.69) is 38.5 Å². The molecule has 1 aliphatic carbocycles. The summed E-state index contributed by atoms with van der Waals surface area (Å²) in [7, 11) is 0. The number of aromatic nitrogens is 1. The minimum Gasteiger partial charge on any atom is -0.488 e. The van der Waals surface area contributed by atoms with Gasteiger partial charge in [0.2, 0.25) is 0 Å². The van der Waals surface area contributed by atoms with Crippen molar-refractivity contribution in [3.05, 3.63) is 45.3 Å². The second kappa shape index (κ2) is 6.20. The molecule has 0 unspecified atom stereocenters. The molecular formula is C16H19BrN2O2. The van der Waals surface area contributed by atoms with E-state index in [9.17, 15) is 0 Å². The number of hydrogen-bond acceptors (Lipinski definition) is 4. The maximum absolute atomic E-state index is 5.87. The maximum atomic E-state index is 5.87. The van der Waals surface area contributed by atoms with Gasteiger partial charge in [0.15, 0.2) is 0 Å². The van der Waals surface area contributed by atoms with Crippen LogP contribution in [0.2, 0.25) is 0 Å². The van der Waals surface area contributed by atoms with E-state index in [1.165, 1.54) is 18.4 Å². The fourth-order valence-corrected chi connectivity index (χ4v) is 2.72. The minimum atomic E-state index is 0.472. The highest BCUT2D eigenvalue weighted by Crippen LogP contribution is 2.28. The molecule has 2 aromatic rings. The number of hydrogen-bond donors (Lipinski definition) is 1. The molecule has 21 heavy (non-hydrogen) atoms. The molecule has 0 bridgehead atoms. The second-order valence-corrected chi connectivity index (χ2v) is 6.37. The van der Waals surface area contributed by atoms with Gasteiger partial charge in [0.05, 0.1) is 15.7 Å². The van der Waals surface area contributed by atoms with Crippen molar-refractivity contribution >= 4 is 15.9 Å². The molecule has 1 heterocycles. The van der Waals surface area contributed by atoms with E-state index in [0.29, 0.717) is 6.61 Å². The third-order valence-electron chi connectivity index (χ3n) is 3.72. The molecule has 5 heteroatoms. The summed E-state index contributed by atoms with van der Waals surface area (Å²) in [4.78, 5) is 0. The third kappa shape index (κ3) is 3.66. The number of aryl methyl sites for hydroxylation is 2. The monoisotopic (exact) mass is 350 g/mol. The van der Waals surface area contributed by atoms with E-state index in [4.69, 9.17) is 9.26 Å². The van der Waals surface area contributed by atoms with Crippen LogP contribution in [-0.2, 0) is 13.2 Å². The highest BCUT2D eigenvalue weighted by atomic mass is 79.9. The fourth-order valence-electron chi connectivity index (χ4n) is 2.18. The van der Waals surface area contributed by atoms with E-state index in [1.807, 2.05) is 19.9 Å². The zero-order valence-corrected chi connectivity index (χ0v) is 13.9. The summed E-state index contributed by atoms with van der Waals surface area (Å²) < 4.78 is 12.0. The molecule has 4 nitrogen and oxygen atoms in total. The topological polar surface area (TPSA) is 47.3 Å². The Morgan fingerprint density at radius 2 is 2.19 bits per heavy atom. The smallest absolute Gasteiger partial charge is 0.140 e. The van der Waals surface area contributed by atoms with Gasteiger partial charge in [0, 0.05) is 12.6 Å². The highest BCUT2D eigenvalue weighted by Gasteiger charge is 2.20. The van der Waals surface area contributed by atoms with Gasteiger partial charge in [0.25, 0.3) is 0 Å². The van der Waals surface area contributed by atoms with Crippen LogP contribution in [0.3, 0.4) is 0 Å². The molecule has 0 aliphatic heterocycles. The Bertz CT molecular complexity index is 616. The predicted octanol–water partition coefficient (Wildman–Crippen LogP) is 3.88. The van der Waals surface area contributed by atoms with Gasteiger partial charge in [-0.2, -0.15) is 0 Å². The first-order valence-corrected chi connectivity index (χ1v) is 7.99. The van der Waals surface area contributed by atoms with Gasteiger partial charge >= 0.3 is 0 Å². The SMILES string of the molecule is Cc1noc(C)c1COc1ccc(CNC2CC2)cc1Br. The molecule has 0 atom stereocenters. The molecule has 1 aromatic heterocycles. The average molecular weight is 351 g/mol. The maximum Gasteiger partial charge on any atom is 0.140 e. The lowest BCUT2D eigenvalue weighted by molar-refractivity contribution is 0.299. The summed E-state index contributed by atoms with van der Waals surface area (Å²) in [6.45, 7) is 5.21. The van der Waals surface area contributed by atoms with E-state index in [0.717, 1.165) is 39.8 Å². The van der Waals surface area contributed by atoms with E-state index in [-0.39, 0.29) is 0 Å². The van der Waals surface area contributed by atoms with Crippen LogP contribution >= 0.6 is 15.9 Å². The average Bonchev–Trinajstić information content (AvgIpc) is 3.24. The molecule has 1 saturated carbocycles. The van der Waals surface area contributed by atoms with Crippen molar-refractivity contribution < 1.29 is 9.26 Å². The summed E-state index contributed by atoms with van der Waals surface area (Å²) in [5.41, 5.74) is 3.16.